The summed E-state index contributed by atoms with van der Waals surface area (Å²) in [6.07, 6.45) is 2.08. The van der Waals surface area contributed by atoms with E-state index in [1.165, 1.54) is 0 Å². The van der Waals surface area contributed by atoms with Crippen LogP contribution in [-0.4, -0.2) is 46.7 Å². The normalized spacial score (nSPS) is 26.6. The van der Waals surface area contributed by atoms with Gasteiger partial charge in [-0.15, -0.1) is 11.3 Å². The molecule has 0 radical (unpaired) electrons. The van der Waals surface area contributed by atoms with Crippen molar-refractivity contribution in [3.05, 3.63) is 33.6 Å². The van der Waals surface area contributed by atoms with Crippen molar-refractivity contribution < 1.29 is 14.1 Å². The van der Waals surface area contributed by atoms with Crippen LogP contribution in [0.4, 0.5) is 0 Å². The molecule has 128 valence electrons. The fourth-order valence-electron chi connectivity index (χ4n) is 3.77. The molecular formula is C17H21N3O3S. The van der Waals surface area contributed by atoms with Gasteiger partial charge in [0.2, 0.25) is 5.76 Å². The monoisotopic (exact) mass is 347 g/mol. The minimum absolute atomic E-state index is 0.0620. The van der Waals surface area contributed by atoms with E-state index in [0.29, 0.717) is 17.6 Å². The number of aromatic nitrogens is 2. The molecule has 2 aromatic rings. The van der Waals surface area contributed by atoms with Gasteiger partial charge in [-0.1, -0.05) is 5.16 Å². The van der Waals surface area contributed by atoms with Crippen molar-refractivity contribution in [3.63, 3.8) is 0 Å². The number of carbonyl (C=O) groups is 1. The van der Waals surface area contributed by atoms with Gasteiger partial charge in [0.1, 0.15) is 0 Å². The SMILES string of the molecule is Cc1cc(C(=O)N2CC[C@H]3[C@H](CO[C@H]3Cc3nc(C)cs3)C2)on1. The highest BCUT2D eigenvalue weighted by atomic mass is 32.1. The highest BCUT2D eigenvalue weighted by molar-refractivity contribution is 7.09. The van der Waals surface area contributed by atoms with Gasteiger partial charge in [-0.25, -0.2) is 4.98 Å². The lowest BCUT2D eigenvalue weighted by atomic mass is 9.83. The first-order valence-electron chi connectivity index (χ1n) is 8.35. The third-order valence-corrected chi connectivity index (χ3v) is 5.95. The molecule has 3 atom stereocenters. The van der Waals surface area contributed by atoms with Crippen molar-refractivity contribution >= 4 is 17.2 Å². The van der Waals surface area contributed by atoms with Gasteiger partial charge in [0.15, 0.2) is 0 Å². The summed E-state index contributed by atoms with van der Waals surface area (Å²) in [5.74, 6) is 1.18. The van der Waals surface area contributed by atoms with E-state index < -0.39 is 0 Å². The first kappa shape index (κ1) is 15.8. The Morgan fingerprint density at radius 3 is 3.00 bits per heavy atom. The minimum atomic E-state index is -0.0620. The summed E-state index contributed by atoms with van der Waals surface area (Å²) in [5, 5.41) is 7.04. The fourth-order valence-corrected chi connectivity index (χ4v) is 4.59. The summed E-state index contributed by atoms with van der Waals surface area (Å²) < 4.78 is 11.2. The van der Waals surface area contributed by atoms with Gasteiger partial charge in [0.05, 0.1) is 23.4 Å². The average molecular weight is 347 g/mol. The average Bonchev–Trinajstić information content (AvgIpc) is 3.28. The van der Waals surface area contributed by atoms with E-state index in [2.05, 4.69) is 15.5 Å². The molecule has 0 N–H and O–H groups in total. The number of carbonyl (C=O) groups excluding carboxylic acids is 1. The third-order valence-electron chi connectivity index (χ3n) is 4.96. The maximum atomic E-state index is 12.5. The Bertz CT molecular complexity index is 741. The maximum Gasteiger partial charge on any atom is 0.292 e. The molecule has 2 aromatic heterocycles. The third kappa shape index (κ3) is 2.98. The molecule has 6 nitrogen and oxygen atoms in total. The van der Waals surface area contributed by atoms with Crippen LogP contribution in [0.15, 0.2) is 16.0 Å². The lowest BCUT2D eigenvalue weighted by Crippen LogP contribution is -2.44. The Balaban J connectivity index is 1.39. The van der Waals surface area contributed by atoms with Gasteiger partial charge < -0.3 is 14.2 Å². The Morgan fingerprint density at radius 1 is 1.42 bits per heavy atom. The highest BCUT2D eigenvalue weighted by Gasteiger charge is 2.42. The smallest absolute Gasteiger partial charge is 0.292 e. The van der Waals surface area contributed by atoms with E-state index in [0.717, 1.165) is 48.9 Å². The number of fused-ring (bicyclic) bond motifs is 1. The van der Waals surface area contributed by atoms with Gasteiger partial charge in [0, 0.05) is 42.6 Å². The van der Waals surface area contributed by atoms with Crippen molar-refractivity contribution in [2.75, 3.05) is 19.7 Å². The zero-order valence-electron chi connectivity index (χ0n) is 13.9. The number of piperidine rings is 1. The number of ether oxygens (including phenoxy) is 1. The first-order valence-corrected chi connectivity index (χ1v) is 9.23. The van der Waals surface area contributed by atoms with Crippen LogP contribution in [0.25, 0.3) is 0 Å². The molecule has 24 heavy (non-hydrogen) atoms. The fraction of sp³-hybridized carbons (Fsp3) is 0.588. The van der Waals surface area contributed by atoms with Crippen molar-refractivity contribution in [2.24, 2.45) is 11.8 Å². The number of rotatable bonds is 3. The second-order valence-corrected chi connectivity index (χ2v) is 7.70. The van der Waals surface area contributed by atoms with E-state index >= 15 is 0 Å². The van der Waals surface area contributed by atoms with Crippen molar-refractivity contribution in [1.82, 2.24) is 15.0 Å². The molecule has 2 aliphatic heterocycles. The molecule has 0 aromatic carbocycles. The molecule has 0 bridgehead atoms. The number of hydrogen-bond donors (Lipinski definition) is 0. The molecule has 2 aliphatic rings. The molecule has 2 fully saturated rings. The van der Waals surface area contributed by atoms with Crippen LogP contribution in [0.2, 0.25) is 0 Å². The van der Waals surface area contributed by atoms with Gasteiger partial charge >= 0.3 is 0 Å². The summed E-state index contributed by atoms with van der Waals surface area (Å²) in [5.41, 5.74) is 1.81. The van der Waals surface area contributed by atoms with E-state index in [-0.39, 0.29) is 12.0 Å². The van der Waals surface area contributed by atoms with Crippen molar-refractivity contribution in [1.29, 1.82) is 0 Å². The summed E-state index contributed by atoms with van der Waals surface area (Å²) in [6, 6.07) is 1.70. The summed E-state index contributed by atoms with van der Waals surface area (Å²) in [4.78, 5) is 18.9. The summed E-state index contributed by atoms with van der Waals surface area (Å²) >= 11 is 1.71. The minimum Gasteiger partial charge on any atom is -0.377 e. The number of likely N-dealkylation sites (tertiary alicyclic amines) is 1. The molecular weight excluding hydrogens is 326 g/mol. The molecule has 0 saturated carbocycles. The van der Waals surface area contributed by atoms with Crippen LogP contribution in [0.1, 0.15) is 33.4 Å². The lowest BCUT2D eigenvalue weighted by Gasteiger charge is -2.35. The van der Waals surface area contributed by atoms with Gasteiger partial charge in [-0.05, 0) is 26.2 Å². The molecule has 1 amide bonds. The molecule has 0 unspecified atom stereocenters. The van der Waals surface area contributed by atoms with E-state index in [4.69, 9.17) is 9.26 Å². The number of amides is 1. The second kappa shape index (κ2) is 6.29. The standard InChI is InChI=1S/C17H21N3O3S/c1-10-5-15(23-19-10)17(21)20-4-3-13-12(7-20)8-22-14(13)6-16-18-11(2)9-24-16/h5,9,12-14H,3-4,6-8H2,1-2H3/t12-,13-,14-/m0/s1. The first-order chi connectivity index (χ1) is 11.6. The zero-order chi connectivity index (χ0) is 16.7. The van der Waals surface area contributed by atoms with Crippen LogP contribution in [0.3, 0.4) is 0 Å². The number of thiazole rings is 1. The topological polar surface area (TPSA) is 68.5 Å². The van der Waals surface area contributed by atoms with Gasteiger partial charge in [-0.3, -0.25) is 4.79 Å². The predicted octanol–water partition coefficient (Wildman–Crippen LogP) is 2.47. The van der Waals surface area contributed by atoms with Crippen LogP contribution in [0, 0.1) is 25.7 Å². The largest absolute Gasteiger partial charge is 0.377 e. The Kier molecular flexibility index (Phi) is 4.14. The molecule has 7 heteroatoms. The van der Waals surface area contributed by atoms with Gasteiger partial charge in [-0.2, -0.15) is 0 Å². The van der Waals surface area contributed by atoms with Crippen LogP contribution in [-0.2, 0) is 11.2 Å². The van der Waals surface area contributed by atoms with E-state index in [1.807, 2.05) is 18.7 Å². The molecule has 2 saturated heterocycles. The maximum absolute atomic E-state index is 12.5. The Morgan fingerprint density at radius 2 is 2.29 bits per heavy atom. The second-order valence-electron chi connectivity index (χ2n) is 6.75. The summed E-state index contributed by atoms with van der Waals surface area (Å²) in [6.45, 7) is 6.04. The number of hydrogen-bond acceptors (Lipinski definition) is 6. The van der Waals surface area contributed by atoms with Crippen LogP contribution < -0.4 is 0 Å². The Hall–Kier alpha value is -1.73. The number of aryl methyl sites for hydroxylation is 2. The Labute approximate surface area is 144 Å². The van der Waals surface area contributed by atoms with Crippen molar-refractivity contribution in [3.8, 4) is 0 Å². The van der Waals surface area contributed by atoms with Crippen LogP contribution in [0.5, 0.6) is 0 Å². The highest BCUT2D eigenvalue weighted by Crippen LogP contribution is 2.36. The number of nitrogens with zero attached hydrogens (tertiary/aromatic N) is 3. The van der Waals surface area contributed by atoms with Crippen LogP contribution >= 0.6 is 11.3 Å². The predicted molar refractivity (Wildman–Crippen MR) is 89.0 cm³/mol. The summed E-state index contributed by atoms with van der Waals surface area (Å²) in [7, 11) is 0. The lowest BCUT2D eigenvalue weighted by molar-refractivity contribution is 0.0574. The van der Waals surface area contributed by atoms with Crippen molar-refractivity contribution in [2.45, 2.75) is 32.8 Å². The molecule has 0 spiro atoms. The molecule has 4 rings (SSSR count). The van der Waals surface area contributed by atoms with E-state index in [9.17, 15) is 4.79 Å². The molecule has 0 aliphatic carbocycles. The zero-order valence-corrected chi connectivity index (χ0v) is 14.7. The quantitative estimate of drug-likeness (QED) is 0.853. The van der Waals surface area contributed by atoms with E-state index in [1.54, 1.807) is 17.4 Å². The van der Waals surface area contributed by atoms with Gasteiger partial charge in [0.25, 0.3) is 5.91 Å². The molecule has 4 heterocycles.